The monoisotopic (exact) mass is 322 g/mol. The second-order valence-electron chi connectivity index (χ2n) is 5.78. The van der Waals surface area contributed by atoms with E-state index in [1.54, 1.807) is 0 Å². The molecule has 0 bridgehead atoms. The molecule has 0 aromatic heterocycles. The number of hydrogen-bond acceptors (Lipinski definition) is 3. The number of thioether (sulfide) groups is 1. The molecule has 0 amide bonds. The molecular formula is C19H34N2S. The Morgan fingerprint density at radius 1 is 0.955 bits per heavy atom. The van der Waals surface area contributed by atoms with E-state index in [0.29, 0.717) is 0 Å². The minimum atomic E-state index is 1.14. The summed E-state index contributed by atoms with van der Waals surface area (Å²) in [6.45, 7) is 10.6. The Morgan fingerprint density at radius 3 is 2.41 bits per heavy atom. The molecular weight excluding hydrogens is 288 g/mol. The van der Waals surface area contributed by atoms with Gasteiger partial charge >= 0.3 is 0 Å². The van der Waals surface area contributed by atoms with Crippen molar-refractivity contribution in [3.63, 3.8) is 0 Å². The van der Waals surface area contributed by atoms with Gasteiger partial charge in [-0.05, 0) is 63.3 Å². The number of unbranched alkanes of at least 4 members (excludes halogenated alkanes) is 1. The van der Waals surface area contributed by atoms with Gasteiger partial charge in [0.05, 0.1) is 0 Å². The maximum absolute atomic E-state index is 3.58. The van der Waals surface area contributed by atoms with Crippen LogP contribution in [0.15, 0.2) is 30.3 Å². The minimum Gasteiger partial charge on any atom is -0.317 e. The highest BCUT2D eigenvalue weighted by molar-refractivity contribution is 7.98. The van der Waals surface area contributed by atoms with Gasteiger partial charge < -0.3 is 10.2 Å². The van der Waals surface area contributed by atoms with E-state index in [2.05, 4.69) is 54.4 Å². The van der Waals surface area contributed by atoms with E-state index in [-0.39, 0.29) is 0 Å². The molecule has 0 saturated carbocycles. The SMILES string of the molecule is CCCCN(CC)CCCNCCCSCc1ccccc1. The van der Waals surface area contributed by atoms with Gasteiger partial charge in [-0.3, -0.25) is 0 Å². The van der Waals surface area contributed by atoms with Crippen LogP contribution in [0.3, 0.4) is 0 Å². The average Bonchev–Trinajstić information content (AvgIpc) is 2.57. The smallest absolute Gasteiger partial charge is 0.0184 e. The second kappa shape index (κ2) is 14.1. The number of rotatable bonds is 14. The number of nitrogens with zero attached hydrogens (tertiary/aromatic N) is 1. The maximum atomic E-state index is 3.58. The fraction of sp³-hybridized carbons (Fsp3) is 0.684. The van der Waals surface area contributed by atoms with Crippen LogP contribution >= 0.6 is 11.8 Å². The molecule has 1 rings (SSSR count). The predicted octanol–water partition coefficient (Wildman–Crippen LogP) is 4.41. The van der Waals surface area contributed by atoms with Gasteiger partial charge in [0, 0.05) is 5.75 Å². The van der Waals surface area contributed by atoms with Crippen LogP contribution in [0.4, 0.5) is 0 Å². The largest absolute Gasteiger partial charge is 0.317 e. The zero-order chi connectivity index (χ0) is 15.9. The van der Waals surface area contributed by atoms with Crippen molar-refractivity contribution < 1.29 is 0 Å². The molecule has 0 aliphatic carbocycles. The molecule has 3 heteroatoms. The third-order valence-corrected chi connectivity index (χ3v) is 4.97. The van der Waals surface area contributed by atoms with E-state index >= 15 is 0 Å². The highest BCUT2D eigenvalue weighted by Crippen LogP contribution is 2.12. The molecule has 126 valence electrons. The van der Waals surface area contributed by atoms with Gasteiger partial charge in [-0.2, -0.15) is 11.8 Å². The van der Waals surface area contributed by atoms with Crippen LogP contribution in [0, 0.1) is 0 Å². The van der Waals surface area contributed by atoms with Gasteiger partial charge in [0.25, 0.3) is 0 Å². The standard InChI is InChI=1S/C19H34N2S/c1-3-5-15-21(4-2)16-9-13-20-14-10-17-22-18-19-11-7-6-8-12-19/h6-8,11-12,20H,3-5,9-10,13-18H2,1-2H3. The highest BCUT2D eigenvalue weighted by atomic mass is 32.2. The number of benzene rings is 1. The number of nitrogens with one attached hydrogen (secondary N) is 1. The first-order valence-corrected chi connectivity index (χ1v) is 10.1. The van der Waals surface area contributed by atoms with Gasteiger partial charge in [0.15, 0.2) is 0 Å². The lowest BCUT2D eigenvalue weighted by Gasteiger charge is -2.19. The Kier molecular flexibility index (Phi) is 12.5. The zero-order valence-electron chi connectivity index (χ0n) is 14.5. The Hall–Kier alpha value is -0.510. The quantitative estimate of drug-likeness (QED) is 0.511. The minimum absolute atomic E-state index is 1.14. The Bertz CT molecular complexity index is 343. The summed E-state index contributed by atoms with van der Waals surface area (Å²) in [7, 11) is 0. The van der Waals surface area contributed by atoms with Crippen molar-refractivity contribution in [2.75, 3.05) is 38.5 Å². The summed E-state index contributed by atoms with van der Waals surface area (Å²) < 4.78 is 0. The Morgan fingerprint density at radius 2 is 1.68 bits per heavy atom. The molecule has 2 nitrogen and oxygen atoms in total. The summed E-state index contributed by atoms with van der Waals surface area (Å²) in [4.78, 5) is 2.57. The van der Waals surface area contributed by atoms with Crippen molar-refractivity contribution in [3.8, 4) is 0 Å². The molecule has 0 heterocycles. The summed E-state index contributed by atoms with van der Waals surface area (Å²) in [6.07, 6.45) is 5.18. The highest BCUT2D eigenvalue weighted by Gasteiger charge is 2.00. The fourth-order valence-electron chi connectivity index (χ4n) is 2.43. The molecule has 1 N–H and O–H groups in total. The fourth-order valence-corrected chi connectivity index (χ4v) is 3.35. The first kappa shape index (κ1) is 19.5. The molecule has 1 aromatic carbocycles. The van der Waals surface area contributed by atoms with Crippen molar-refractivity contribution in [1.82, 2.24) is 10.2 Å². The first-order valence-electron chi connectivity index (χ1n) is 8.91. The molecule has 0 aliphatic heterocycles. The van der Waals surface area contributed by atoms with Crippen LogP contribution in [0.1, 0.15) is 45.1 Å². The van der Waals surface area contributed by atoms with E-state index in [1.807, 2.05) is 11.8 Å². The molecule has 0 unspecified atom stereocenters. The summed E-state index contributed by atoms with van der Waals surface area (Å²) in [6, 6.07) is 10.8. The van der Waals surface area contributed by atoms with Gasteiger partial charge in [0.2, 0.25) is 0 Å². The maximum Gasteiger partial charge on any atom is 0.0184 e. The topological polar surface area (TPSA) is 15.3 Å². The third-order valence-electron chi connectivity index (χ3n) is 3.86. The van der Waals surface area contributed by atoms with Crippen LogP contribution in [-0.4, -0.2) is 43.4 Å². The molecule has 0 saturated heterocycles. The van der Waals surface area contributed by atoms with Gasteiger partial charge in [-0.15, -0.1) is 0 Å². The lowest BCUT2D eigenvalue weighted by Crippen LogP contribution is -2.28. The zero-order valence-corrected chi connectivity index (χ0v) is 15.3. The molecule has 0 aliphatic rings. The molecule has 0 atom stereocenters. The van der Waals surface area contributed by atoms with Crippen molar-refractivity contribution in [2.24, 2.45) is 0 Å². The van der Waals surface area contributed by atoms with Crippen LogP contribution in [0.2, 0.25) is 0 Å². The molecule has 0 spiro atoms. The van der Waals surface area contributed by atoms with E-state index in [9.17, 15) is 0 Å². The Labute approximate surface area is 142 Å². The Balaban J connectivity index is 1.87. The van der Waals surface area contributed by atoms with Gasteiger partial charge in [-0.1, -0.05) is 50.6 Å². The van der Waals surface area contributed by atoms with E-state index < -0.39 is 0 Å². The van der Waals surface area contributed by atoms with E-state index in [1.165, 1.54) is 56.6 Å². The second-order valence-corrected chi connectivity index (χ2v) is 6.89. The first-order chi connectivity index (χ1) is 10.9. The van der Waals surface area contributed by atoms with Crippen molar-refractivity contribution in [3.05, 3.63) is 35.9 Å². The molecule has 0 fully saturated rings. The van der Waals surface area contributed by atoms with Crippen molar-refractivity contribution in [1.29, 1.82) is 0 Å². The molecule has 22 heavy (non-hydrogen) atoms. The summed E-state index contributed by atoms with van der Waals surface area (Å²) in [5, 5.41) is 3.58. The third kappa shape index (κ3) is 10.3. The molecule has 0 radical (unpaired) electrons. The lowest BCUT2D eigenvalue weighted by molar-refractivity contribution is 0.278. The van der Waals surface area contributed by atoms with Crippen LogP contribution in [-0.2, 0) is 5.75 Å². The van der Waals surface area contributed by atoms with Gasteiger partial charge in [-0.25, -0.2) is 0 Å². The lowest BCUT2D eigenvalue weighted by atomic mass is 10.2. The van der Waals surface area contributed by atoms with Crippen molar-refractivity contribution in [2.45, 2.75) is 45.3 Å². The van der Waals surface area contributed by atoms with E-state index in [0.717, 1.165) is 18.8 Å². The van der Waals surface area contributed by atoms with Crippen molar-refractivity contribution >= 4 is 11.8 Å². The number of hydrogen-bond donors (Lipinski definition) is 1. The normalized spacial score (nSPS) is 11.2. The van der Waals surface area contributed by atoms with Crippen LogP contribution in [0.5, 0.6) is 0 Å². The van der Waals surface area contributed by atoms with Gasteiger partial charge in [0.1, 0.15) is 0 Å². The van der Waals surface area contributed by atoms with E-state index in [4.69, 9.17) is 0 Å². The average molecular weight is 323 g/mol. The summed E-state index contributed by atoms with van der Waals surface area (Å²) in [5.41, 5.74) is 1.44. The summed E-state index contributed by atoms with van der Waals surface area (Å²) in [5.74, 6) is 2.39. The van der Waals surface area contributed by atoms with Crippen LogP contribution < -0.4 is 5.32 Å². The molecule has 1 aromatic rings. The predicted molar refractivity (Wildman–Crippen MR) is 102 cm³/mol. The van der Waals surface area contributed by atoms with Crippen LogP contribution in [0.25, 0.3) is 0 Å². The summed E-state index contributed by atoms with van der Waals surface area (Å²) >= 11 is 2.04.